The minimum Gasteiger partial charge on any atom is -0.494 e. The zero-order chi connectivity index (χ0) is 26.4. The van der Waals surface area contributed by atoms with E-state index in [2.05, 4.69) is 28.2 Å². The lowest BCUT2D eigenvalue weighted by molar-refractivity contribution is -0.122. The van der Waals surface area contributed by atoms with Crippen LogP contribution < -0.4 is 19.7 Å². The number of imide groups is 2. The van der Waals surface area contributed by atoms with Crippen LogP contribution in [0.25, 0.3) is 6.08 Å². The van der Waals surface area contributed by atoms with Gasteiger partial charge < -0.3 is 9.47 Å². The SMILES string of the molecule is CCCCOc1ccc(N2C(=O)NC(=O)/C(=C/c3cc(Br)ccc3OCc3ccc(Cl)cc3)C2=O)cc1. The molecule has 0 bridgehead atoms. The van der Waals surface area contributed by atoms with E-state index in [-0.39, 0.29) is 12.2 Å². The van der Waals surface area contributed by atoms with E-state index in [1.807, 2.05) is 12.1 Å². The average Bonchev–Trinajstić information content (AvgIpc) is 2.88. The van der Waals surface area contributed by atoms with Gasteiger partial charge in [-0.15, -0.1) is 0 Å². The van der Waals surface area contributed by atoms with Crippen LogP contribution in [0.3, 0.4) is 0 Å². The van der Waals surface area contributed by atoms with Crippen molar-refractivity contribution in [1.82, 2.24) is 5.32 Å². The highest BCUT2D eigenvalue weighted by atomic mass is 79.9. The van der Waals surface area contributed by atoms with Crippen LogP contribution in [0.5, 0.6) is 11.5 Å². The van der Waals surface area contributed by atoms with Gasteiger partial charge in [-0.3, -0.25) is 14.9 Å². The summed E-state index contributed by atoms with van der Waals surface area (Å²) < 4.78 is 12.4. The molecule has 4 amide bonds. The summed E-state index contributed by atoms with van der Waals surface area (Å²) in [6.07, 6.45) is 3.35. The van der Waals surface area contributed by atoms with Crippen molar-refractivity contribution in [3.05, 3.63) is 92.9 Å². The largest absolute Gasteiger partial charge is 0.494 e. The fourth-order valence-corrected chi connectivity index (χ4v) is 4.08. The van der Waals surface area contributed by atoms with Gasteiger partial charge >= 0.3 is 6.03 Å². The summed E-state index contributed by atoms with van der Waals surface area (Å²) in [6, 6.07) is 18.2. The highest BCUT2D eigenvalue weighted by Crippen LogP contribution is 2.29. The smallest absolute Gasteiger partial charge is 0.335 e. The first-order chi connectivity index (χ1) is 17.9. The number of unbranched alkanes of at least 4 members (excludes halogenated alkanes) is 1. The number of hydrogen-bond acceptors (Lipinski definition) is 5. The molecule has 0 spiro atoms. The number of barbiturate groups is 1. The number of urea groups is 1. The molecule has 9 heteroatoms. The van der Waals surface area contributed by atoms with Gasteiger partial charge in [0.1, 0.15) is 23.7 Å². The Balaban J connectivity index is 1.59. The third-order valence-corrected chi connectivity index (χ3v) is 6.29. The van der Waals surface area contributed by atoms with E-state index < -0.39 is 17.8 Å². The zero-order valence-electron chi connectivity index (χ0n) is 20.0. The molecular formula is C28H24BrClN2O5. The Kier molecular flexibility index (Phi) is 8.63. The van der Waals surface area contributed by atoms with Crippen molar-refractivity contribution in [2.45, 2.75) is 26.4 Å². The second-order valence-electron chi connectivity index (χ2n) is 8.25. The first kappa shape index (κ1) is 26.4. The van der Waals surface area contributed by atoms with Crippen molar-refractivity contribution < 1.29 is 23.9 Å². The quantitative estimate of drug-likeness (QED) is 0.176. The molecule has 1 heterocycles. The summed E-state index contributed by atoms with van der Waals surface area (Å²) in [5.41, 5.74) is 1.52. The minimum atomic E-state index is -0.819. The highest BCUT2D eigenvalue weighted by Gasteiger charge is 2.37. The van der Waals surface area contributed by atoms with Crippen molar-refractivity contribution in [3.63, 3.8) is 0 Å². The topological polar surface area (TPSA) is 84.9 Å². The lowest BCUT2D eigenvalue weighted by Crippen LogP contribution is -2.54. The van der Waals surface area contributed by atoms with Gasteiger partial charge in [-0.2, -0.15) is 0 Å². The van der Waals surface area contributed by atoms with Gasteiger partial charge in [0.15, 0.2) is 0 Å². The Bertz CT molecular complexity index is 1340. The Morgan fingerprint density at radius 3 is 2.41 bits per heavy atom. The molecule has 0 atom stereocenters. The maximum Gasteiger partial charge on any atom is 0.335 e. The van der Waals surface area contributed by atoms with E-state index in [4.69, 9.17) is 21.1 Å². The fraction of sp³-hybridized carbons (Fsp3) is 0.179. The molecule has 3 aromatic rings. The summed E-state index contributed by atoms with van der Waals surface area (Å²) in [6.45, 7) is 2.91. The number of rotatable bonds is 9. The predicted octanol–water partition coefficient (Wildman–Crippen LogP) is 6.53. The molecule has 0 unspecified atom stereocenters. The molecule has 1 fully saturated rings. The highest BCUT2D eigenvalue weighted by molar-refractivity contribution is 9.10. The number of benzene rings is 3. The molecule has 37 heavy (non-hydrogen) atoms. The van der Waals surface area contributed by atoms with E-state index in [0.717, 1.165) is 27.8 Å². The van der Waals surface area contributed by atoms with Crippen LogP contribution in [0.1, 0.15) is 30.9 Å². The lowest BCUT2D eigenvalue weighted by Gasteiger charge is -2.26. The first-order valence-corrected chi connectivity index (χ1v) is 12.8. The number of carbonyl (C=O) groups excluding carboxylic acids is 3. The molecule has 3 aromatic carbocycles. The van der Waals surface area contributed by atoms with Crippen LogP contribution in [-0.4, -0.2) is 24.5 Å². The van der Waals surface area contributed by atoms with Gasteiger partial charge in [0, 0.05) is 15.1 Å². The molecule has 190 valence electrons. The Morgan fingerprint density at radius 1 is 0.973 bits per heavy atom. The number of hydrogen-bond donors (Lipinski definition) is 1. The predicted molar refractivity (Wildman–Crippen MR) is 146 cm³/mol. The Morgan fingerprint density at radius 2 is 1.70 bits per heavy atom. The van der Waals surface area contributed by atoms with Gasteiger partial charge in [-0.1, -0.05) is 53.0 Å². The monoisotopic (exact) mass is 582 g/mol. The normalized spacial score (nSPS) is 14.6. The van der Waals surface area contributed by atoms with E-state index in [1.165, 1.54) is 6.08 Å². The molecule has 1 N–H and O–H groups in total. The number of nitrogens with one attached hydrogen (secondary N) is 1. The molecule has 4 rings (SSSR count). The molecular weight excluding hydrogens is 560 g/mol. The van der Waals surface area contributed by atoms with Crippen molar-refractivity contribution in [3.8, 4) is 11.5 Å². The number of halogens is 2. The molecule has 0 aliphatic carbocycles. The summed E-state index contributed by atoms with van der Waals surface area (Å²) in [7, 11) is 0. The van der Waals surface area contributed by atoms with E-state index >= 15 is 0 Å². The molecule has 1 aliphatic heterocycles. The van der Waals surface area contributed by atoms with Gasteiger partial charge in [0.25, 0.3) is 11.8 Å². The standard InChI is InChI=1S/C28H24BrClN2O5/c1-2-3-14-36-23-11-9-22(10-12-23)32-27(34)24(26(33)31-28(32)35)16-19-15-20(29)6-13-25(19)37-17-18-4-7-21(30)8-5-18/h4-13,15-16H,2-3,14,17H2,1H3,(H,31,33,35)/b24-16-. The summed E-state index contributed by atoms with van der Waals surface area (Å²) >= 11 is 9.37. The molecule has 0 radical (unpaired) electrons. The molecule has 0 saturated carbocycles. The van der Waals surface area contributed by atoms with Crippen molar-refractivity contribution in [1.29, 1.82) is 0 Å². The Labute approximate surface area is 228 Å². The number of nitrogens with zero attached hydrogens (tertiary/aromatic N) is 1. The van der Waals surface area contributed by atoms with Crippen LogP contribution in [0.2, 0.25) is 5.02 Å². The second-order valence-corrected chi connectivity index (χ2v) is 9.60. The second kappa shape index (κ2) is 12.1. The molecule has 1 saturated heterocycles. The third kappa shape index (κ3) is 6.58. The van der Waals surface area contributed by atoms with Crippen LogP contribution in [-0.2, 0) is 16.2 Å². The maximum atomic E-state index is 13.3. The maximum absolute atomic E-state index is 13.3. The van der Waals surface area contributed by atoms with Crippen molar-refractivity contribution in [2.24, 2.45) is 0 Å². The first-order valence-electron chi connectivity index (χ1n) is 11.7. The van der Waals surface area contributed by atoms with Gasteiger partial charge in [0.2, 0.25) is 0 Å². The van der Waals surface area contributed by atoms with Crippen LogP contribution in [0.15, 0.2) is 76.8 Å². The summed E-state index contributed by atoms with van der Waals surface area (Å²) in [4.78, 5) is 39.5. The number of anilines is 1. The molecule has 0 aromatic heterocycles. The summed E-state index contributed by atoms with van der Waals surface area (Å²) in [5, 5.41) is 2.87. The number of carbonyl (C=O) groups is 3. The number of amides is 4. The zero-order valence-corrected chi connectivity index (χ0v) is 22.3. The van der Waals surface area contributed by atoms with Crippen molar-refractivity contribution in [2.75, 3.05) is 11.5 Å². The third-order valence-electron chi connectivity index (χ3n) is 5.54. The van der Waals surface area contributed by atoms with E-state index in [9.17, 15) is 14.4 Å². The van der Waals surface area contributed by atoms with Crippen molar-refractivity contribution >= 4 is 57.1 Å². The van der Waals surface area contributed by atoms with E-state index in [0.29, 0.717) is 34.4 Å². The Hall–Kier alpha value is -3.62. The van der Waals surface area contributed by atoms with E-state index in [1.54, 1.807) is 54.6 Å². The molecule has 1 aliphatic rings. The van der Waals surface area contributed by atoms with Crippen LogP contribution in [0, 0.1) is 0 Å². The van der Waals surface area contributed by atoms with Crippen LogP contribution >= 0.6 is 27.5 Å². The number of ether oxygens (including phenoxy) is 2. The van der Waals surface area contributed by atoms with Crippen LogP contribution in [0.4, 0.5) is 10.5 Å². The average molecular weight is 584 g/mol. The minimum absolute atomic E-state index is 0.197. The summed E-state index contributed by atoms with van der Waals surface area (Å²) in [5.74, 6) is -0.430. The van der Waals surface area contributed by atoms with Gasteiger partial charge in [-0.05, 0) is 72.7 Å². The lowest BCUT2D eigenvalue weighted by atomic mass is 10.1. The molecule has 7 nitrogen and oxygen atoms in total. The van der Waals surface area contributed by atoms with Gasteiger partial charge in [-0.25, -0.2) is 9.69 Å². The fourth-order valence-electron chi connectivity index (χ4n) is 3.58. The van der Waals surface area contributed by atoms with Gasteiger partial charge in [0.05, 0.1) is 12.3 Å².